The molecule has 1 saturated heterocycles. The Hall–Kier alpha value is -2.33. The SMILES string of the molecule is CC(C)c1ccccc1OCC(=O)NCc1ccccc1CN1CCCC1. The zero-order valence-corrected chi connectivity index (χ0v) is 16.4. The second-order valence-corrected chi connectivity index (χ2v) is 7.51. The van der Waals surface area contributed by atoms with Crippen LogP contribution in [-0.4, -0.2) is 30.5 Å². The fourth-order valence-electron chi connectivity index (χ4n) is 3.54. The molecule has 27 heavy (non-hydrogen) atoms. The molecule has 0 bridgehead atoms. The van der Waals surface area contributed by atoms with Crippen molar-refractivity contribution in [3.05, 3.63) is 65.2 Å². The first kappa shape index (κ1) is 19.4. The van der Waals surface area contributed by atoms with Crippen molar-refractivity contribution < 1.29 is 9.53 Å². The van der Waals surface area contributed by atoms with Crippen LogP contribution >= 0.6 is 0 Å². The summed E-state index contributed by atoms with van der Waals surface area (Å²) >= 11 is 0. The summed E-state index contributed by atoms with van der Waals surface area (Å²) in [6.07, 6.45) is 2.57. The van der Waals surface area contributed by atoms with Crippen molar-refractivity contribution >= 4 is 5.91 Å². The quantitative estimate of drug-likeness (QED) is 0.765. The number of amides is 1. The van der Waals surface area contributed by atoms with E-state index in [1.54, 1.807) is 0 Å². The molecule has 0 atom stereocenters. The predicted molar refractivity (Wildman–Crippen MR) is 109 cm³/mol. The zero-order chi connectivity index (χ0) is 19.1. The van der Waals surface area contributed by atoms with Crippen LogP contribution in [0.2, 0.25) is 0 Å². The van der Waals surface area contributed by atoms with E-state index in [-0.39, 0.29) is 12.5 Å². The Labute approximate surface area is 162 Å². The van der Waals surface area contributed by atoms with Crippen LogP contribution in [0, 0.1) is 0 Å². The minimum Gasteiger partial charge on any atom is -0.483 e. The molecule has 0 saturated carbocycles. The Morgan fingerprint density at radius 3 is 2.44 bits per heavy atom. The molecule has 4 heteroatoms. The Morgan fingerprint density at radius 1 is 1.04 bits per heavy atom. The summed E-state index contributed by atoms with van der Waals surface area (Å²) in [5.74, 6) is 1.06. The Kier molecular flexibility index (Phi) is 6.88. The van der Waals surface area contributed by atoms with E-state index in [4.69, 9.17) is 4.74 Å². The van der Waals surface area contributed by atoms with E-state index >= 15 is 0 Å². The third kappa shape index (κ3) is 5.57. The standard InChI is InChI=1S/C23H30N2O2/c1-18(2)21-11-5-6-12-22(21)27-17-23(26)24-15-19-9-3-4-10-20(19)16-25-13-7-8-14-25/h3-6,9-12,18H,7-8,13-17H2,1-2H3,(H,24,26). The van der Waals surface area contributed by atoms with Gasteiger partial charge in [-0.3, -0.25) is 9.69 Å². The molecule has 1 aliphatic heterocycles. The average Bonchev–Trinajstić information content (AvgIpc) is 3.19. The number of hydrogen-bond acceptors (Lipinski definition) is 3. The first-order chi connectivity index (χ1) is 13.1. The number of rotatable bonds is 8. The topological polar surface area (TPSA) is 41.6 Å². The highest BCUT2D eigenvalue weighted by atomic mass is 16.5. The Morgan fingerprint density at radius 2 is 1.70 bits per heavy atom. The largest absolute Gasteiger partial charge is 0.483 e. The summed E-state index contributed by atoms with van der Waals surface area (Å²) in [6, 6.07) is 16.3. The molecule has 144 valence electrons. The second-order valence-electron chi connectivity index (χ2n) is 7.51. The van der Waals surface area contributed by atoms with E-state index in [9.17, 15) is 4.79 Å². The smallest absolute Gasteiger partial charge is 0.258 e. The third-order valence-corrected chi connectivity index (χ3v) is 5.09. The van der Waals surface area contributed by atoms with Crippen molar-refractivity contribution in [2.75, 3.05) is 19.7 Å². The van der Waals surface area contributed by atoms with Gasteiger partial charge in [-0.05, 0) is 54.6 Å². The third-order valence-electron chi connectivity index (χ3n) is 5.09. The molecule has 1 fully saturated rings. The monoisotopic (exact) mass is 366 g/mol. The van der Waals surface area contributed by atoms with Crippen molar-refractivity contribution in [2.45, 2.75) is 45.7 Å². The summed E-state index contributed by atoms with van der Waals surface area (Å²) in [6.45, 7) is 8.13. The molecule has 0 radical (unpaired) electrons. The van der Waals surface area contributed by atoms with Crippen LogP contribution in [0.5, 0.6) is 5.75 Å². The van der Waals surface area contributed by atoms with Gasteiger partial charge in [0.05, 0.1) is 0 Å². The number of benzene rings is 2. The van der Waals surface area contributed by atoms with Gasteiger partial charge in [0.1, 0.15) is 5.75 Å². The van der Waals surface area contributed by atoms with Crippen LogP contribution in [0.1, 0.15) is 49.3 Å². The van der Waals surface area contributed by atoms with Gasteiger partial charge < -0.3 is 10.1 Å². The molecule has 1 amide bonds. The van der Waals surface area contributed by atoms with Crippen LogP contribution in [0.15, 0.2) is 48.5 Å². The maximum Gasteiger partial charge on any atom is 0.258 e. The molecule has 1 N–H and O–H groups in total. The first-order valence-corrected chi connectivity index (χ1v) is 9.91. The lowest BCUT2D eigenvalue weighted by molar-refractivity contribution is -0.123. The highest BCUT2D eigenvalue weighted by molar-refractivity contribution is 5.77. The summed E-state index contributed by atoms with van der Waals surface area (Å²) in [5.41, 5.74) is 3.60. The van der Waals surface area contributed by atoms with Crippen LogP contribution < -0.4 is 10.1 Å². The van der Waals surface area contributed by atoms with Gasteiger partial charge in [-0.25, -0.2) is 0 Å². The van der Waals surface area contributed by atoms with Crippen LogP contribution in [0.4, 0.5) is 0 Å². The van der Waals surface area contributed by atoms with Gasteiger partial charge in [0, 0.05) is 13.1 Å². The minimum atomic E-state index is -0.0930. The van der Waals surface area contributed by atoms with E-state index < -0.39 is 0 Å². The van der Waals surface area contributed by atoms with E-state index in [0.29, 0.717) is 12.5 Å². The average molecular weight is 367 g/mol. The second kappa shape index (κ2) is 9.56. The fraction of sp³-hybridized carbons (Fsp3) is 0.435. The van der Waals surface area contributed by atoms with Gasteiger partial charge in [0.2, 0.25) is 0 Å². The molecule has 3 rings (SSSR count). The van der Waals surface area contributed by atoms with Gasteiger partial charge in [-0.15, -0.1) is 0 Å². The van der Waals surface area contributed by atoms with E-state index in [1.807, 2.05) is 30.3 Å². The number of hydrogen-bond donors (Lipinski definition) is 1. The summed E-state index contributed by atoms with van der Waals surface area (Å²) < 4.78 is 5.77. The lowest BCUT2D eigenvalue weighted by Gasteiger charge is -2.18. The normalized spacial score (nSPS) is 14.5. The summed E-state index contributed by atoms with van der Waals surface area (Å²) in [7, 11) is 0. The molecule has 0 unspecified atom stereocenters. The summed E-state index contributed by atoms with van der Waals surface area (Å²) in [4.78, 5) is 14.8. The number of carbonyl (C=O) groups excluding carboxylic acids is 1. The number of likely N-dealkylation sites (tertiary alicyclic amines) is 1. The van der Waals surface area contributed by atoms with E-state index in [2.05, 4.69) is 42.3 Å². The molecule has 2 aromatic rings. The molecular formula is C23H30N2O2. The van der Waals surface area contributed by atoms with Gasteiger partial charge >= 0.3 is 0 Å². The lowest BCUT2D eigenvalue weighted by Crippen LogP contribution is -2.29. The van der Waals surface area contributed by atoms with E-state index in [1.165, 1.54) is 37.1 Å². The highest BCUT2D eigenvalue weighted by Crippen LogP contribution is 2.25. The van der Waals surface area contributed by atoms with Gasteiger partial charge in [-0.1, -0.05) is 56.3 Å². The van der Waals surface area contributed by atoms with Crippen molar-refractivity contribution in [2.24, 2.45) is 0 Å². The van der Waals surface area contributed by atoms with Crippen LogP contribution in [0.3, 0.4) is 0 Å². The van der Waals surface area contributed by atoms with Gasteiger partial charge in [0.15, 0.2) is 6.61 Å². The predicted octanol–water partition coefficient (Wildman–Crippen LogP) is 4.10. The highest BCUT2D eigenvalue weighted by Gasteiger charge is 2.14. The van der Waals surface area contributed by atoms with Crippen LogP contribution in [0.25, 0.3) is 0 Å². The fourth-order valence-corrected chi connectivity index (χ4v) is 3.54. The maximum atomic E-state index is 12.3. The van der Waals surface area contributed by atoms with Crippen molar-refractivity contribution in [1.82, 2.24) is 10.2 Å². The van der Waals surface area contributed by atoms with Crippen molar-refractivity contribution in [3.63, 3.8) is 0 Å². The zero-order valence-electron chi connectivity index (χ0n) is 16.4. The Bertz CT molecular complexity index is 752. The van der Waals surface area contributed by atoms with Crippen molar-refractivity contribution in [1.29, 1.82) is 0 Å². The molecule has 1 heterocycles. The number of para-hydroxylation sites is 1. The molecular weight excluding hydrogens is 336 g/mol. The lowest BCUT2D eigenvalue weighted by atomic mass is 10.0. The van der Waals surface area contributed by atoms with Gasteiger partial charge in [-0.2, -0.15) is 0 Å². The molecule has 1 aliphatic rings. The summed E-state index contributed by atoms with van der Waals surface area (Å²) in [5, 5.41) is 3.00. The minimum absolute atomic E-state index is 0.0397. The first-order valence-electron chi connectivity index (χ1n) is 9.91. The Balaban J connectivity index is 1.52. The number of ether oxygens (including phenoxy) is 1. The molecule has 0 spiro atoms. The van der Waals surface area contributed by atoms with Crippen LogP contribution in [-0.2, 0) is 17.9 Å². The molecule has 2 aromatic carbocycles. The number of carbonyl (C=O) groups is 1. The van der Waals surface area contributed by atoms with E-state index in [0.717, 1.165) is 17.9 Å². The van der Waals surface area contributed by atoms with Crippen molar-refractivity contribution in [3.8, 4) is 5.75 Å². The number of nitrogens with zero attached hydrogens (tertiary/aromatic N) is 1. The maximum absolute atomic E-state index is 12.3. The molecule has 4 nitrogen and oxygen atoms in total. The molecule has 0 aliphatic carbocycles. The molecule has 0 aromatic heterocycles. The number of nitrogens with one attached hydrogen (secondary N) is 1. The van der Waals surface area contributed by atoms with Gasteiger partial charge in [0.25, 0.3) is 5.91 Å².